The van der Waals surface area contributed by atoms with Crippen LogP contribution in [-0.4, -0.2) is 22.7 Å². The quantitative estimate of drug-likeness (QED) is 0.827. The van der Waals surface area contributed by atoms with Crippen molar-refractivity contribution in [2.75, 3.05) is 13.2 Å². The third-order valence-electron chi connectivity index (χ3n) is 2.55. The normalized spacial score (nSPS) is 9.65. The van der Waals surface area contributed by atoms with E-state index in [2.05, 4.69) is 16.8 Å². The van der Waals surface area contributed by atoms with Gasteiger partial charge >= 0.3 is 0 Å². The van der Waals surface area contributed by atoms with E-state index in [9.17, 15) is 4.79 Å². The highest BCUT2D eigenvalue weighted by Gasteiger charge is 1.98. The van der Waals surface area contributed by atoms with E-state index in [1.54, 1.807) is 35.3 Å². The monoisotopic (exact) mass is 269 g/mol. The second-order valence-corrected chi connectivity index (χ2v) is 4.00. The first-order valence-electron chi connectivity index (χ1n) is 6.22. The predicted octanol–water partition coefficient (Wildman–Crippen LogP) is 0.632. The van der Waals surface area contributed by atoms with Crippen molar-refractivity contribution in [1.82, 2.24) is 9.55 Å². The molecule has 2 aromatic rings. The molecule has 0 aliphatic rings. The first-order chi connectivity index (χ1) is 9.79. The second-order valence-electron chi connectivity index (χ2n) is 4.00. The molecule has 5 heteroatoms. The molecule has 0 saturated heterocycles. The molecule has 2 aromatic heterocycles. The fourth-order valence-corrected chi connectivity index (χ4v) is 1.63. The lowest BCUT2D eigenvalue weighted by Crippen LogP contribution is -2.21. The Balaban J connectivity index is 1.94. The summed E-state index contributed by atoms with van der Waals surface area (Å²) in [6, 6.07) is 6.84. The largest absolute Gasteiger partial charge is 0.490 e. The molecule has 0 aliphatic heterocycles. The Kier molecular flexibility index (Phi) is 4.93. The van der Waals surface area contributed by atoms with Crippen molar-refractivity contribution >= 4 is 0 Å². The molecule has 0 bridgehead atoms. The molecule has 2 heterocycles. The average molecular weight is 269 g/mol. The number of hydrogen-bond donors (Lipinski definition) is 1. The number of aromatic nitrogens is 2. The Morgan fingerprint density at radius 3 is 3.05 bits per heavy atom. The lowest BCUT2D eigenvalue weighted by Gasteiger charge is -2.07. The molecule has 2 rings (SSSR count). The second kappa shape index (κ2) is 7.12. The smallest absolute Gasteiger partial charge is 0.250 e. The topological polar surface area (TPSA) is 70.1 Å². The van der Waals surface area contributed by atoms with Crippen molar-refractivity contribution in [1.29, 1.82) is 0 Å². The summed E-state index contributed by atoms with van der Waals surface area (Å²) in [6.07, 6.45) is 4.99. The van der Waals surface area contributed by atoms with Crippen molar-refractivity contribution in [3.05, 3.63) is 58.8 Å². The highest BCUT2D eigenvalue weighted by molar-refractivity contribution is 5.36. The molecule has 0 saturated carbocycles. The maximum atomic E-state index is 11.5. The van der Waals surface area contributed by atoms with Crippen LogP contribution in [-0.2, 0) is 6.54 Å². The summed E-state index contributed by atoms with van der Waals surface area (Å²) in [5.41, 5.74) is 6.03. The highest BCUT2D eigenvalue weighted by Crippen LogP contribution is 2.10. The van der Waals surface area contributed by atoms with E-state index >= 15 is 0 Å². The number of hydrogen-bond acceptors (Lipinski definition) is 4. The van der Waals surface area contributed by atoms with E-state index in [0.717, 1.165) is 5.56 Å². The molecule has 20 heavy (non-hydrogen) atoms. The van der Waals surface area contributed by atoms with Crippen LogP contribution in [0.3, 0.4) is 0 Å². The minimum atomic E-state index is -0.0446. The summed E-state index contributed by atoms with van der Waals surface area (Å²) in [6.45, 7) is 1.18. The standard InChI is InChI=1S/C15H15N3O2/c16-6-3-4-13-10-14(12-17-11-13)20-9-8-18-7-2-1-5-15(18)19/h1-2,5,7,10-12H,6,8-9,16H2. The Hall–Kier alpha value is -2.58. The van der Waals surface area contributed by atoms with Gasteiger partial charge in [-0.05, 0) is 12.1 Å². The molecule has 0 aliphatic carbocycles. The van der Waals surface area contributed by atoms with Crippen molar-refractivity contribution in [3.8, 4) is 17.6 Å². The number of rotatable bonds is 4. The van der Waals surface area contributed by atoms with Crippen LogP contribution in [0.2, 0.25) is 0 Å². The molecule has 0 spiro atoms. The van der Waals surface area contributed by atoms with Gasteiger partial charge in [0, 0.05) is 24.0 Å². The van der Waals surface area contributed by atoms with Crippen LogP contribution >= 0.6 is 0 Å². The van der Waals surface area contributed by atoms with E-state index < -0.39 is 0 Å². The maximum absolute atomic E-state index is 11.5. The van der Waals surface area contributed by atoms with Crippen LogP contribution in [0.25, 0.3) is 0 Å². The van der Waals surface area contributed by atoms with Crippen molar-refractivity contribution in [2.24, 2.45) is 5.73 Å². The summed E-state index contributed by atoms with van der Waals surface area (Å²) in [5.74, 6) is 6.27. The molecule has 0 fully saturated rings. The molecule has 0 aromatic carbocycles. The SMILES string of the molecule is NCC#Cc1cncc(OCCn2ccccc2=O)c1. The Morgan fingerprint density at radius 1 is 1.35 bits per heavy atom. The zero-order valence-electron chi connectivity index (χ0n) is 11.0. The van der Waals surface area contributed by atoms with E-state index in [1.165, 1.54) is 6.07 Å². The zero-order valence-corrected chi connectivity index (χ0v) is 11.0. The minimum absolute atomic E-state index is 0.0446. The molecule has 0 radical (unpaired) electrons. The maximum Gasteiger partial charge on any atom is 0.250 e. The van der Waals surface area contributed by atoms with Gasteiger partial charge in [-0.3, -0.25) is 9.78 Å². The summed E-state index contributed by atoms with van der Waals surface area (Å²) >= 11 is 0. The molecule has 0 unspecified atom stereocenters. The molecule has 0 amide bonds. The van der Waals surface area contributed by atoms with E-state index in [-0.39, 0.29) is 5.56 Å². The summed E-state index contributed by atoms with van der Waals surface area (Å²) in [4.78, 5) is 15.5. The number of nitrogens with zero attached hydrogens (tertiary/aromatic N) is 2. The first-order valence-corrected chi connectivity index (χ1v) is 6.22. The molecule has 5 nitrogen and oxygen atoms in total. The van der Waals surface area contributed by atoms with Crippen LogP contribution < -0.4 is 16.0 Å². The van der Waals surface area contributed by atoms with Crippen LogP contribution in [0.4, 0.5) is 0 Å². The molecule has 102 valence electrons. The van der Waals surface area contributed by atoms with Gasteiger partial charge in [-0.15, -0.1) is 0 Å². The van der Waals surface area contributed by atoms with Crippen molar-refractivity contribution in [2.45, 2.75) is 6.54 Å². The Morgan fingerprint density at radius 2 is 2.25 bits per heavy atom. The van der Waals surface area contributed by atoms with E-state index in [0.29, 0.717) is 25.4 Å². The van der Waals surface area contributed by atoms with Gasteiger partial charge in [0.15, 0.2) is 0 Å². The van der Waals surface area contributed by atoms with Gasteiger partial charge in [-0.1, -0.05) is 17.9 Å². The third kappa shape index (κ3) is 3.97. The summed E-state index contributed by atoms with van der Waals surface area (Å²) in [7, 11) is 0. The van der Waals surface area contributed by atoms with Crippen LogP contribution in [0.5, 0.6) is 5.75 Å². The summed E-state index contributed by atoms with van der Waals surface area (Å²) in [5, 5.41) is 0. The molecular formula is C15H15N3O2. The number of ether oxygens (including phenoxy) is 1. The fourth-order valence-electron chi connectivity index (χ4n) is 1.63. The molecule has 2 N–H and O–H groups in total. The first kappa shape index (κ1) is 13.8. The van der Waals surface area contributed by atoms with Gasteiger partial charge in [0.25, 0.3) is 5.56 Å². The van der Waals surface area contributed by atoms with Gasteiger partial charge in [0.2, 0.25) is 0 Å². The zero-order chi connectivity index (χ0) is 14.2. The van der Waals surface area contributed by atoms with E-state index in [4.69, 9.17) is 10.5 Å². The van der Waals surface area contributed by atoms with Crippen molar-refractivity contribution < 1.29 is 4.74 Å². The molecular weight excluding hydrogens is 254 g/mol. The lowest BCUT2D eigenvalue weighted by atomic mass is 10.3. The number of pyridine rings is 2. The van der Waals surface area contributed by atoms with Crippen LogP contribution in [0.15, 0.2) is 47.7 Å². The summed E-state index contributed by atoms with van der Waals surface area (Å²) < 4.78 is 7.15. The van der Waals surface area contributed by atoms with E-state index in [1.807, 2.05) is 6.07 Å². The lowest BCUT2D eigenvalue weighted by molar-refractivity contribution is 0.295. The van der Waals surface area contributed by atoms with Gasteiger partial charge in [0.1, 0.15) is 12.4 Å². The average Bonchev–Trinajstić information content (AvgIpc) is 2.48. The van der Waals surface area contributed by atoms with Gasteiger partial charge in [0.05, 0.1) is 19.3 Å². The van der Waals surface area contributed by atoms with Crippen LogP contribution in [0.1, 0.15) is 5.56 Å². The number of nitrogens with two attached hydrogens (primary N) is 1. The Labute approximate surface area is 117 Å². The molecule has 0 atom stereocenters. The third-order valence-corrected chi connectivity index (χ3v) is 2.55. The van der Waals surface area contributed by atoms with Gasteiger partial charge in [-0.25, -0.2) is 0 Å². The highest BCUT2D eigenvalue weighted by atomic mass is 16.5. The van der Waals surface area contributed by atoms with Gasteiger partial charge in [-0.2, -0.15) is 0 Å². The Bertz CT molecular complexity index is 683. The predicted molar refractivity (Wildman–Crippen MR) is 76.4 cm³/mol. The van der Waals surface area contributed by atoms with Crippen LogP contribution in [0, 0.1) is 11.8 Å². The minimum Gasteiger partial charge on any atom is -0.490 e. The van der Waals surface area contributed by atoms with Crippen molar-refractivity contribution in [3.63, 3.8) is 0 Å². The fraction of sp³-hybridized carbons (Fsp3) is 0.200. The van der Waals surface area contributed by atoms with Gasteiger partial charge < -0.3 is 15.0 Å².